The zero-order valence-corrected chi connectivity index (χ0v) is 17.0. The molecule has 12 heteroatoms. The molecule has 0 spiro atoms. The number of H-pyrrole nitrogens is 1. The summed E-state index contributed by atoms with van der Waals surface area (Å²) in [4.78, 5) is 10.9. The van der Waals surface area contributed by atoms with Crippen LogP contribution in [0, 0.1) is 0 Å². The third kappa shape index (κ3) is 4.89. The van der Waals surface area contributed by atoms with Gasteiger partial charge in [-0.1, -0.05) is 35.9 Å². The molecule has 6 N–H and O–H groups in total. The highest BCUT2D eigenvalue weighted by Gasteiger charge is 2.33. The fourth-order valence-corrected chi connectivity index (χ4v) is 3.25. The Morgan fingerprint density at radius 3 is 2.41 bits per heavy atom. The van der Waals surface area contributed by atoms with E-state index in [1.165, 1.54) is 12.1 Å². The molecule has 4 aromatic rings. The Bertz CT molecular complexity index is 1230. The zero-order chi connectivity index (χ0) is 22.9. The van der Waals surface area contributed by atoms with E-state index in [2.05, 4.69) is 30.5 Å². The lowest BCUT2D eigenvalue weighted by Gasteiger charge is -2.11. The van der Waals surface area contributed by atoms with E-state index in [9.17, 15) is 13.2 Å². The summed E-state index contributed by atoms with van der Waals surface area (Å²) in [5.74, 6) is 1.04. The average molecular weight is 461 g/mol. The van der Waals surface area contributed by atoms with E-state index in [-0.39, 0.29) is 22.6 Å². The van der Waals surface area contributed by atoms with E-state index in [4.69, 9.17) is 23.1 Å². The van der Waals surface area contributed by atoms with Crippen LogP contribution in [0.4, 0.5) is 36.6 Å². The van der Waals surface area contributed by atoms with Crippen LogP contribution in [0.5, 0.6) is 0 Å². The zero-order valence-electron chi connectivity index (χ0n) is 16.3. The fourth-order valence-electron chi connectivity index (χ4n) is 3.03. The molecule has 0 amide bonds. The maximum Gasteiger partial charge on any atom is 0.417 e. The molecule has 0 aliphatic heterocycles. The first-order chi connectivity index (χ1) is 15.2. The summed E-state index contributed by atoms with van der Waals surface area (Å²) in [5.41, 5.74) is 12.9. The number of anilines is 4. The first-order valence-electron chi connectivity index (χ1n) is 9.22. The summed E-state index contributed by atoms with van der Waals surface area (Å²) in [7, 11) is 0. The van der Waals surface area contributed by atoms with Crippen molar-refractivity contribution in [3.05, 3.63) is 70.4 Å². The van der Waals surface area contributed by atoms with E-state index in [1.807, 2.05) is 24.3 Å². The minimum absolute atomic E-state index is 0.112. The second kappa shape index (κ2) is 8.35. The highest BCUT2D eigenvalue weighted by Crippen LogP contribution is 2.36. The van der Waals surface area contributed by atoms with Gasteiger partial charge in [-0.15, -0.1) is 10.2 Å². The molecule has 8 nitrogen and oxygen atoms in total. The van der Waals surface area contributed by atoms with Crippen LogP contribution in [0.2, 0.25) is 5.02 Å². The highest BCUT2D eigenvalue weighted by atomic mass is 35.5. The second-order valence-corrected chi connectivity index (χ2v) is 7.26. The van der Waals surface area contributed by atoms with Crippen LogP contribution in [-0.2, 0) is 12.6 Å². The summed E-state index contributed by atoms with van der Waals surface area (Å²) in [5, 5.41) is 10.4. The Hall–Kier alpha value is -3.86. The molecule has 0 radical (unpaired) electrons. The first kappa shape index (κ1) is 21.4. The van der Waals surface area contributed by atoms with E-state index in [0.717, 1.165) is 17.2 Å². The van der Waals surface area contributed by atoms with Crippen molar-refractivity contribution in [1.29, 1.82) is 0 Å². The van der Waals surface area contributed by atoms with Gasteiger partial charge in [-0.3, -0.25) is 0 Å². The Labute approximate surface area is 184 Å². The van der Waals surface area contributed by atoms with Crippen LogP contribution in [0.3, 0.4) is 0 Å². The Morgan fingerprint density at radius 1 is 0.969 bits per heavy atom. The molecule has 0 saturated heterocycles. The number of rotatable bonds is 5. The van der Waals surface area contributed by atoms with Crippen molar-refractivity contribution in [3.8, 4) is 11.4 Å². The summed E-state index contributed by atoms with van der Waals surface area (Å²) in [6.07, 6.45) is -4.05. The number of hydrogen-bond acceptors (Lipinski definition) is 7. The number of nitrogen functional groups attached to an aromatic ring is 2. The maximum absolute atomic E-state index is 13.0. The van der Waals surface area contributed by atoms with Crippen LogP contribution in [-0.4, -0.2) is 25.1 Å². The molecule has 0 atom stereocenters. The van der Waals surface area contributed by atoms with Crippen molar-refractivity contribution in [1.82, 2.24) is 25.1 Å². The number of hydrogen-bond donors (Lipinski definition) is 4. The fraction of sp³-hybridized carbons (Fsp3) is 0.100. The SMILES string of the molecule is Nc1cc(Cc2ccc(-c3nnc(Nc4ccc(Cl)c(C(F)(F)F)c4)[nH]3)cc2)nc(N)n1. The Kier molecular flexibility index (Phi) is 5.57. The largest absolute Gasteiger partial charge is 0.417 e. The van der Waals surface area contributed by atoms with Crippen LogP contribution in [0.25, 0.3) is 11.4 Å². The van der Waals surface area contributed by atoms with E-state index < -0.39 is 11.7 Å². The molecule has 32 heavy (non-hydrogen) atoms. The first-order valence-corrected chi connectivity index (χ1v) is 9.60. The second-order valence-electron chi connectivity index (χ2n) is 6.86. The van der Waals surface area contributed by atoms with Gasteiger partial charge in [-0.2, -0.15) is 18.2 Å². The van der Waals surface area contributed by atoms with Gasteiger partial charge in [0.1, 0.15) is 5.82 Å². The molecule has 2 heterocycles. The Balaban J connectivity index is 1.48. The third-order valence-corrected chi connectivity index (χ3v) is 4.78. The molecule has 4 rings (SSSR count). The van der Waals surface area contributed by atoms with Crippen LogP contribution >= 0.6 is 11.6 Å². The molecule has 0 unspecified atom stereocenters. The molecule has 0 fully saturated rings. The van der Waals surface area contributed by atoms with Crippen LogP contribution < -0.4 is 16.8 Å². The molecule has 0 aliphatic carbocycles. The molecule has 0 saturated carbocycles. The predicted molar refractivity (Wildman–Crippen MR) is 115 cm³/mol. The van der Waals surface area contributed by atoms with Crippen LogP contribution in [0.1, 0.15) is 16.8 Å². The van der Waals surface area contributed by atoms with Crippen LogP contribution in [0.15, 0.2) is 48.5 Å². The normalized spacial score (nSPS) is 11.5. The standard InChI is InChI=1S/C20H16ClF3N8/c21-15-6-5-12(8-14(15)20(22,23)24)28-19-30-17(31-32-19)11-3-1-10(2-4-11)7-13-9-16(25)29-18(26)27-13/h1-6,8-9H,7H2,(H4,25,26,27,29)(H2,28,30,31,32). The minimum atomic E-state index is -4.56. The van der Waals surface area contributed by atoms with Crippen molar-refractivity contribution >= 4 is 35.0 Å². The quantitative estimate of drug-likeness (QED) is 0.346. The van der Waals surface area contributed by atoms with Gasteiger partial charge in [0.25, 0.3) is 0 Å². The molecule has 2 aromatic carbocycles. The topological polar surface area (TPSA) is 131 Å². The average Bonchev–Trinajstić information content (AvgIpc) is 3.17. The van der Waals surface area contributed by atoms with Gasteiger partial charge in [0.2, 0.25) is 11.9 Å². The van der Waals surface area contributed by atoms with Gasteiger partial charge < -0.3 is 21.8 Å². The number of aromatic amines is 1. The summed E-state index contributed by atoms with van der Waals surface area (Å²) in [6, 6.07) is 12.6. The number of nitrogens with two attached hydrogens (primary N) is 2. The number of nitrogens with zero attached hydrogens (tertiary/aromatic N) is 4. The van der Waals surface area contributed by atoms with E-state index >= 15 is 0 Å². The van der Waals surface area contributed by atoms with Crippen molar-refractivity contribution in [2.75, 3.05) is 16.8 Å². The molecule has 0 bridgehead atoms. The summed E-state index contributed by atoms with van der Waals surface area (Å²) in [6.45, 7) is 0. The van der Waals surface area contributed by atoms with Gasteiger partial charge in [0.15, 0.2) is 5.82 Å². The number of benzene rings is 2. The number of aromatic nitrogens is 5. The molecular formula is C20H16ClF3N8. The van der Waals surface area contributed by atoms with Crippen molar-refractivity contribution in [2.45, 2.75) is 12.6 Å². The van der Waals surface area contributed by atoms with E-state index in [0.29, 0.717) is 23.8 Å². The highest BCUT2D eigenvalue weighted by molar-refractivity contribution is 6.31. The number of nitrogens with one attached hydrogen (secondary N) is 2. The third-order valence-electron chi connectivity index (χ3n) is 4.45. The molecule has 0 aliphatic rings. The van der Waals surface area contributed by atoms with Gasteiger partial charge in [0, 0.05) is 23.7 Å². The lowest BCUT2D eigenvalue weighted by molar-refractivity contribution is -0.137. The summed E-state index contributed by atoms with van der Waals surface area (Å²) < 4.78 is 39.1. The lowest BCUT2D eigenvalue weighted by atomic mass is 10.1. The van der Waals surface area contributed by atoms with E-state index in [1.54, 1.807) is 6.07 Å². The van der Waals surface area contributed by atoms with Crippen molar-refractivity contribution in [2.24, 2.45) is 0 Å². The Morgan fingerprint density at radius 2 is 1.72 bits per heavy atom. The molecular weight excluding hydrogens is 445 g/mol. The lowest BCUT2D eigenvalue weighted by Crippen LogP contribution is -2.06. The predicted octanol–water partition coefficient (Wildman–Crippen LogP) is 4.43. The monoisotopic (exact) mass is 460 g/mol. The van der Waals surface area contributed by atoms with Crippen molar-refractivity contribution in [3.63, 3.8) is 0 Å². The van der Waals surface area contributed by atoms with Gasteiger partial charge in [0.05, 0.1) is 16.3 Å². The van der Waals surface area contributed by atoms with Gasteiger partial charge in [-0.05, 0) is 23.8 Å². The minimum Gasteiger partial charge on any atom is -0.384 e. The van der Waals surface area contributed by atoms with Gasteiger partial charge >= 0.3 is 6.18 Å². The number of alkyl halides is 3. The maximum atomic E-state index is 13.0. The smallest absolute Gasteiger partial charge is 0.384 e. The molecule has 164 valence electrons. The van der Waals surface area contributed by atoms with Crippen molar-refractivity contribution < 1.29 is 13.2 Å². The van der Waals surface area contributed by atoms with Gasteiger partial charge in [-0.25, -0.2) is 4.98 Å². The molecule has 2 aromatic heterocycles. The summed E-state index contributed by atoms with van der Waals surface area (Å²) >= 11 is 5.64. The number of halogens is 4.